The third-order valence-electron chi connectivity index (χ3n) is 4.63. The highest BCUT2D eigenvalue weighted by molar-refractivity contribution is 5.78. The van der Waals surface area contributed by atoms with Gasteiger partial charge in [-0.2, -0.15) is 4.98 Å². The van der Waals surface area contributed by atoms with Crippen molar-refractivity contribution < 1.29 is 14.1 Å². The van der Waals surface area contributed by atoms with Crippen molar-refractivity contribution in [1.29, 1.82) is 0 Å². The standard InChI is InChI=1S/C20H29N5O3/c1-16(2)20-22-19(28-23-20)15-25-11-9-24(10-12-25)14-18(26)21-8-13-27-17-6-4-3-5-7-17/h3-7,16H,8-15H2,1-2H3,(H,21,26). The molecule has 1 amide bonds. The van der Waals surface area contributed by atoms with E-state index in [2.05, 4.69) is 25.3 Å². The van der Waals surface area contributed by atoms with E-state index in [-0.39, 0.29) is 11.8 Å². The van der Waals surface area contributed by atoms with Crippen LogP contribution in [0.3, 0.4) is 0 Å². The third kappa shape index (κ3) is 6.31. The molecule has 3 rings (SSSR count). The number of para-hydroxylation sites is 1. The van der Waals surface area contributed by atoms with Gasteiger partial charge in [-0.3, -0.25) is 14.6 Å². The van der Waals surface area contributed by atoms with E-state index < -0.39 is 0 Å². The number of ether oxygens (including phenoxy) is 1. The van der Waals surface area contributed by atoms with Crippen molar-refractivity contribution in [3.8, 4) is 5.75 Å². The first-order chi connectivity index (χ1) is 13.6. The Kier molecular flexibility index (Phi) is 7.39. The number of hydrogen-bond acceptors (Lipinski definition) is 7. The van der Waals surface area contributed by atoms with Gasteiger partial charge >= 0.3 is 0 Å². The summed E-state index contributed by atoms with van der Waals surface area (Å²) < 4.78 is 10.9. The van der Waals surface area contributed by atoms with Gasteiger partial charge in [0, 0.05) is 32.1 Å². The lowest BCUT2D eigenvalue weighted by Crippen LogP contribution is -2.49. The Morgan fingerprint density at radius 1 is 1.18 bits per heavy atom. The summed E-state index contributed by atoms with van der Waals surface area (Å²) in [7, 11) is 0. The molecule has 1 aromatic carbocycles. The smallest absolute Gasteiger partial charge is 0.240 e. The fourth-order valence-corrected chi connectivity index (χ4v) is 3.00. The van der Waals surface area contributed by atoms with Crippen LogP contribution in [-0.4, -0.2) is 71.7 Å². The number of aromatic nitrogens is 2. The molecule has 1 N–H and O–H groups in total. The Hall–Kier alpha value is -2.45. The Bertz CT molecular complexity index is 726. The van der Waals surface area contributed by atoms with E-state index in [1.54, 1.807) is 0 Å². The van der Waals surface area contributed by atoms with Gasteiger partial charge in [0.25, 0.3) is 0 Å². The second-order valence-corrected chi connectivity index (χ2v) is 7.26. The summed E-state index contributed by atoms with van der Waals surface area (Å²) in [6.07, 6.45) is 0. The molecule has 0 spiro atoms. The number of piperazine rings is 1. The van der Waals surface area contributed by atoms with E-state index in [1.165, 1.54) is 0 Å². The average molecular weight is 387 g/mol. The van der Waals surface area contributed by atoms with Crippen LogP contribution in [0, 0.1) is 0 Å². The van der Waals surface area contributed by atoms with Crippen LogP contribution in [0.4, 0.5) is 0 Å². The fourth-order valence-electron chi connectivity index (χ4n) is 3.00. The molecule has 1 aromatic heterocycles. The number of carbonyl (C=O) groups excluding carboxylic acids is 1. The predicted molar refractivity (Wildman–Crippen MR) is 105 cm³/mol. The largest absolute Gasteiger partial charge is 0.492 e. The third-order valence-corrected chi connectivity index (χ3v) is 4.63. The SMILES string of the molecule is CC(C)c1noc(CN2CCN(CC(=O)NCCOc3ccccc3)CC2)n1. The number of nitrogens with zero attached hydrogens (tertiary/aromatic N) is 4. The number of amides is 1. The number of hydrogen-bond donors (Lipinski definition) is 1. The summed E-state index contributed by atoms with van der Waals surface area (Å²) in [5, 5.41) is 6.92. The van der Waals surface area contributed by atoms with Crippen molar-refractivity contribution in [3.05, 3.63) is 42.0 Å². The number of rotatable bonds is 9. The van der Waals surface area contributed by atoms with Crippen LogP contribution in [0.2, 0.25) is 0 Å². The second-order valence-electron chi connectivity index (χ2n) is 7.26. The maximum Gasteiger partial charge on any atom is 0.240 e. The quantitative estimate of drug-likeness (QED) is 0.653. The van der Waals surface area contributed by atoms with Gasteiger partial charge in [0.15, 0.2) is 5.82 Å². The summed E-state index contributed by atoms with van der Waals surface area (Å²) >= 11 is 0. The van der Waals surface area contributed by atoms with Crippen LogP contribution in [0.5, 0.6) is 5.75 Å². The topological polar surface area (TPSA) is 83.7 Å². The van der Waals surface area contributed by atoms with Gasteiger partial charge in [0.2, 0.25) is 11.8 Å². The molecule has 0 bridgehead atoms. The zero-order chi connectivity index (χ0) is 19.8. The molecule has 28 heavy (non-hydrogen) atoms. The van der Waals surface area contributed by atoms with E-state index in [1.807, 2.05) is 44.2 Å². The van der Waals surface area contributed by atoms with Crippen molar-refractivity contribution in [2.24, 2.45) is 0 Å². The number of nitrogens with one attached hydrogen (secondary N) is 1. The highest BCUT2D eigenvalue weighted by Gasteiger charge is 2.21. The highest BCUT2D eigenvalue weighted by atomic mass is 16.5. The molecule has 2 heterocycles. The monoisotopic (exact) mass is 387 g/mol. The minimum absolute atomic E-state index is 0.0311. The molecule has 1 aliphatic heterocycles. The molecule has 1 saturated heterocycles. The number of carbonyl (C=O) groups is 1. The van der Waals surface area contributed by atoms with Gasteiger partial charge < -0.3 is 14.6 Å². The van der Waals surface area contributed by atoms with Gasteiger partial charge in [-0.1, -0.05) is 37.2 Å². The minimum atomic E-state index is 0.0311. The van der Waals surface area contributed by atoms with Gasteiger partial charge in [0.1, 0.15) is 12.4 Å². The Morgan fingerprint density at radius 2 is 1.89 bits per heavy atom. The summed E-state index contributed by atoms with van der Waals surface area (Å²) in [4.78, 5) is 21.0. The molecule has 0 atom stereocenters. The maximum absolute atomic E-state index is 12.1. The van der Waals surface area contributed by atoms with Gasteiger partial charge in [-0.15, -0.1) is 0 Å². The zero-order valence-electron chi connectivity index (χ0n) is 16.6. The Labute approximate surface area is 165 Å². The maximum atomic E-state index is 12.1. The van der Waals surface area contributed by atoms with E-state index in [0.29, 0.717) is 32.1 Å². The first-order valence-electron chi connectivity index (χ1n) is 9.82. The Morgan fingerprint density at radius 3 is 2.57 bits per heavy atom. The average Bonchev–Trinajstić information content (AvgIpc) is 3.17. The molecule has 0 saturated carbocycles. The van der Waals surface area contributed by atoms with Gasteiger partial charge in [-0.25, -0.2) is 0 Å². The lowest BCUT2D eigenvalue weighted by atomic mass is 10.2. The first-order valence-corrected chi connectivity index (χ1v) is 9.82. The molecule has 152 valence electrons. The van der Waals surface area contributed by atoms with E-state index in [9.17, 15) is 4.79 Å². The van der Waals surface area contributed by atoms with Crippen molar-refractivity contribution in [1.82, 2.24) is 25.3 Å². The zero-order valence-corrected chi connectivity index (χ0v) is 16.6. The number of benzene rings is 1. The summed E-state index contributed by atoms with van der Waals surface area (Å²) in [6, 6.07) is 9.60. The second kappa shape index (κ2) is 10.2. The van der Waals surface area contributed by atoms with Gasteiger partial charge in [-0.05, 0) is 12.1 Å². The first kappa shape index (κ1) is 20.3. The predicted octanol–water partition coefficient (Wildman–Crippen LogP) is 1.51. The highest BCUT2D eigenvalue weighted by Crippen LogP contribution is 2.12. The molecule has 1 aliphatic rings. The van der Waals surface area contributed by atoms with E-state index in [0.717, 1.165) is 37.8 Å². The molecular formula is C20H29N5O3. The molecule has 0 radical (unpaired) electrons. The van der Waals surface area contributed by atoms with E-state index in [4.69, 9.17) is 9.26 Å². The molecule has 2 aromatic rings. The minimum Gasteiger partial charge on any atom is -0.492 e. The fraction of sp³-hybridized carbons (Fsp3) is 0.550. The van der Waals surface area contributed by atoms with Crippen LogP contribution < -0.4 is 10.1 Å². The lowest BCUT2D eigenvalue weighted by molar-refractivity contribution is -0.122. The normalized spacial score (nSPS) is 15.7. The van der Waals surface area contributed by atoms with Crippen LogP contribution in [0.15, 0.2) is 34.9 Å². The van der Waals surface area contributed by atoms with Crippen molar-refractivity contribution in [2.75, 3.05) is 45.9 Å². The van der Waals surface area contributed by atoms with Crippen LogP contribution in [0.25, 0.3) is 0 Å². The van der Waals surface area contributed by atoms with Crippen molar-refractivity contribution in [2.45, 2.75) is 26.3 Å². The van der Waals surface area contributed by atoms with Crippen molar-refractivity contribution >= 4 is 5.91 Å². The summed E-state index contributed by atoms with van der Waals surface area (Å²) in [6.45, 7) is 9.59. The summed E-state index contributed by atoms with van der Waals surface area (Å²) in [5.41, 5.74) is 0. The molecular weight excluding hydrogens is 358 g/mol. The van der Waals surface area contributed by atoms with Crippen molar-refractivity contribution in [3.63, 3.8) is 0 Å². The molecule has 0 aliphatic carbocycles. The van der Waals surface area contributed by atoms with E-state index >= 15 is 0 Å². The molecule has 0 unspecified atom stereocenters. The molecule has 8 nitrogen and oxygen atoms in total. The molecule has 8 heteroatoms. The molecule has 1 fully saturated rings. The van der Waals surface area contributed by atoms with Crippen LogP contribution in [0.1, 0.15) is 31.5 Å². The lowest BCUT2D eigenvalue weighted by Gasteiger charge is -2.33. The summed E-state index contributed by atoms with van der Waals surface area (Å²) in [5.74, 6) is 2.53. The Balaban J connectivity index is 1.29. The van der Waals surface area contributed by atoms with Gasteiger partial charge in [0.05, 0.1) is 19.6 Å². The van der Waals surface area contributed by atoms with Crippen LogP contribution in [-0.2, 0) is 11.3 Å². The van der Waals surface area contributed by atoms with Crippen LogP contribution >= 0.6 is 0 Å².